The molecule has 2 aromatic rings. The average Bonchev–Trinajstić information content (AvgIpc) is 2.72. The first-order valence-corrected chi connectivity index (χ1v) is 5.68. The minimum Gasteiger partial charge on any atom is -0.399 e. The second-order valence-electron chi connectivity index (χ2n) is 4.28. The molecule has 0 unspecified atom stereocenters. The van der Waals surface area contributed by atoms with Crippen LogP contribution in [-0.2, 0) is 13.6 Å². The molecule has 3 N–H and O–H groups in total. The van der Waals surface area contributed by atoms with E-state index in [1.807, 2.05) is 20.2 Å². The Kier molecular flexibility index (Phi) is 3.32. The van der Waals surface area contributed by atoms with Crippen LogP contribution in [0.5, 0.6) is 0 Å². The van der Waals surface area contributed by atoms with Gasteiger partial charge in [0.05, 0.1) is 6.20 Å². The monoisotopic (exact) mass is 244 g/mol. The second kappa shape index (κ2) is 4.91. The van der Waals surface area contributed by atoms with Crippen LogP contribution in [0.4, 0.5) is 5.69 Å². The van der Waals surface area contributed by atoms with Crippen molar-refractivity contribution in [3.63, 3.8) is 0 Å². The first-order chi connectivity index (χ1) is 8.56. The largest absolute Gasteiger partial charge is 0.399 e. The van der Waals surface area contributed by atoms with Crippen LogP contribution in [0.3, 0.4) is 0 Å². The van der Waals surface area contributed by atoms with Crippen molar-refractivity contribution in [2.24, 2.45) is 7.05 Å². The molecule has 0 saturated carbocycles. The summed E-state index contributed by atoms with van der Waals surface area (Å²) in [6.07, 6.45) is 3.60. The van der Waals surface area contributed by atoms with Crippen molar-refractivity contribution in [2.75, 3.05) is 5.73 Å². The molecule has 0 aliphatic rings. The van der Waals surface area contributed by atoms with E-state index in [2.05, 4.69) is 10.4 Å². The maximum absolute atomic E-state index is 12.0. The highest BCUT2D eigenvalue weighted by atomic mass is 16.1. The van der Waals surface area contributed by atoms with E-state index >= 15 is 0 Å². The molecule has 0 bridgehead atoms. The second-order valence-corrected chi connectivity index (χ2v) is 4.28. The minimum atomic E-state index is -0.101. The van der Waals surface area contributed by atoms with E-state index in [-0.39, 0.29) is 5.91 Å². The van der Waals surface area contributed by atoms with Crippen molar-refractivity contribution in [3.8, 4) is 0 Å². The van der Waals surface area contributed by atoms with Gasteiger partial charge in [0.2, 0.25) is 0 Å². The summed E-state index contributed by atoms with van der Waals surface area (Å²) in [7, 11) is 1.84. The number of benzene rings is 1. The number of hydrogen-bond acceptors (Lipinski definition) is 3. The average molecular weight is 244 g/mol. The number of nitrogens with one attached hydrogen (secondary N) is 1. The number of amides is 1. The maximum Gasteiger partial charge on any atom is 0.251 e. The summed E-state index contributed by atoms with van der Waals surface area (Å²) < 4.78 is 1.70. The third-order valence-corrected chi connectivity index (χ3v) is 2.71. The van der Waals surface area contributed by atoms with Gasteiger partial charge in [0.25, 0.3) is 5.91 Å². The van der Waals surface area contributed by atoms with Gasteiger partial charge in [0.1, 0.15) is 0 Å². The zero-order chi connectivity index (χ0) is 13.1. The SMILES string of the molecule is Cc1cc(N)ccc1C(=O)NCc1cnn(C)c1. The van der Waals surface area contributed by atoms with Gasteiger partial charge in [-0.15, -0.1) is 0 Å². The fraction of sp³-hybridized carbons (Fsp3) is 0.231. The predicted octanol–water partition coefficient (Wildman–Crippen LogP) is 1.24. The summed E-state index contributed by atoms with van der Waals surface area (Å²) in [6, 6.07) is 5.26. The molecule has 1 aromatic heterocycles. The van der Waals surface area contributed by atoms with Gasteiger partial charge in [0.15, 0.2) is 0 Å². The van der Waals surface area contributed by atoms with Gasteiger partial charge in [0, 0.05) is 36.6 Å². The van der Waals surface area contributed by atoms with Crippen LogP contribution in [0.15, 0.2) is 30.6 Å². The Morgan fingerprint density at radius 3 is 2.89 bits per heavy atom. The third-order valence-electron chi connectivity index (χ3n) is 2.71. The maximum atomic E-state index is 12.0. The van der Waals surface area contributed by atoms with E-state index < -0.39 is 0 Å². The molecule has 0 atom stereocenters. The summed E-state index contributed by atoms with van der Waals surface area (Å²) in [5.74, 6) is -0.101. The summed E-state index contributed by atoms with van der Waals surface area (Å²) in [4.78, 5) is 12.0. The lowest BCUT2D eigenvalue weighted by molar-refractivity contribution is 0.0950. The molecule has 1 amide bonds. The molecule has 1 heterocycles. The zero-order valence-corrected chi connectivity index (χ0v) is 10.5. The molecule has 0 aliphatic heterocycles. The Bertz CT molecular complexity index is 574. The summed E-state index contributed by atoms with van der Waals surface area (Å²) in [6.45, 7) is 2.34. The number of nitrogens with two attached hydrogens (primary N) is 1. The van der Waals surface area contributed by atoms with Crippen molar-refractivity contribution in [1.29, 1.82) is 0 Å². The molecule has 0 aliphatic carbocycles. The van der Waals surface area contributed by atoms with Crippen LogP contribution < -0.4 is 11.1 Å². The molecule has 1 aromatic carbocycles. The van der Waals surface area contributed by atoms with Gasteiger partial charge in [-0.05, 0) is 30.7 Å². The van der Waals surface area contributed by atoms with Crippen molar-refractivity contribution in [2.45, 2.75) is 13.5 Å². The predicted molar refractivity (Wildman–Crippen MR) is 70.0 cm³/mol. The first-order valence-electron chi connectivity index (χ1n) is 5.68. The van der Waals surface area contributed by atoms with Crippen LogP contribution in [0.2, 0.25) is 0 Å². The normalized spacial score (nSPS) is 10.3. The summed E-state index contributed by atoms with van der Waals surface area (Å²) in [5.41, 5.74) is 8.81. The van der Waals surface area contributed by atoms with Crippen molar-refractivity contribution in [3.05, 3.63) is 47.3 Å². The molecule has 0 radical (unpaired) electrons. The summed E-state index contributed by atoms with van der Waals surface area (Å²) >= 11 is 0. The molecule has 0 fully saturated rings. The number of hydrogen-bond donors (Lipinski definition) is 2. The van der Waals surface area contributed by atoms with E-state index in [1.54, 1.807) is 29.1 Å². The number of nitrogen functional groups attached to an aromatic ring is 1. The third kappa shape index (κ3) is 2.68. The number of carbonyl (C=O) groups excluding carboxylic acids is 1. The van der Waals surface area contributed by atoms with Gasteiger partial charge < -0.3 is 11.1 Å². The molecule has 94 valence electrons. The molecular formula is C13H16N4O. The zero-order valence-electron chi connectivity index (χ0n) is 10.5. The van der Waals surface area contributed by atoms with E-state index in [1.165, 1.54) is 0 Å². The Hall–Kier alpha value is -2.30. The number of anilines is 1. The number of nitrogens with zero attached hydrogens (tertiary/aromatic N) is 2. The van der Waals surface area contributed by atoms with Gasteiger partial charge in [-0.25, -0.2) is 0 Å². The number of carbonyl (C=O) groups is 1. The molecule has 2 rings (SSSR count). The molecule has 18 heavy (non-hydrogen) atoms. The fourth-order valence-corrected chi connectivity index (χ4v) is 1.78. The lowest BCUT2D eigenvalue weighted by Crippen LogP contribution is -2.23. The van der Waals surface area contributed by atoms with Crippen LogP contribution in [0.1, 0.15) is 21.5 Å². The smallest absolute Gasteiger partial charge is 0.251 e. The standard InChI is InChI=1S/C13H16N4O/c1-9-5-11(14)3-4-12(9)13(18)15-6-10-7-16-17(2)8-10/h3-5,7-8H,6,14H2,1-2H3,(H,15,18). The van der Waals surface area contributed by atoms with E-state index in [0.717, 1.165) is 11.1 Å². The quantitative estimate of drug-likeness (QED) is 0.798. The Labute approximate surface area is 106 Å². The van der Waals surface area contributed by atoms with Crippen LogP contribution in [0.25, 0.3) is 0 Å². The molecule has 5 nitrogen and oxygen atoms in total. The van der Waals surface area contributed by atoms with Crippen molar-refractivity contribution < 1.29 is 4.79 Å². The van der Waals surface area contributed by atoms with Gasteiger partial charge >= 0.3 is 0 Å². The van der Waals surface area contributed by atoms with Gasteiger partial charge in [-0.1, -0.05) is 0 Å². The van der Waals surface area contributed by atoms with Crippen molar-refractivity contribution in [1.82, 2.24) is 15.1 Å². The highest BCUT2D eigenvalue weighted by Crippen LogP contribution is 2.12. The Balaban J connectivity index is 2.03. The highest BCUT2D eigenvalue weighted by Gasteiger charge is 2.08. The minimum absolute atomic E-state index is 0.101. The van der Waals surface area contributed by atoms with Crippen molar-refractivity contribution >= 4 is 11.6 Å². The van der Waals surface area contributed by atoms with E-state index in [0.29, 0.717) is 17.8 Å². The lowest BCUT2D eigenvalue weighted by atomic mass is 10.1. The Morgan fingerprint density at radius 1 is 1.50 bits per heavy atom. The molecule has 0 spiro atoms. The summed E-state index contributed by atoms with van der Waals surface area (Å²) in [5, 5.41) is 6.90. The number of aromatic nitrogens is 2. The molecular weight excluding hydrogens is 228 g/mol. The first kappa shape index (κ1) is 12.2. The van der Waals surface area contributed by atoms with Gasteiger partial charge in [-0.2, -0.15) is 5.10 Å². The fourth-order valence-electron chi connectivity index (χ4n) is 1.78. The molecule has 5 heteroatoms. The van der Waals surface area contributed by atoms with E-state index in [9.17, 15) is 4.79 Å². The Morgan fingerprint density at radius 2 is 2.28 bits per heavy atom. The van der Waals surface area contributed by atoms with Crippen LogP contribution >= 0.6 is 0 Å². The lowest BCUT2D eigenvalue weighted by Gasteiger charge is -2.07. The van der Waals surface area contributed by atoms with Gasteiger partial charge in [-0.3, -0.25) is 9.48 Å². The van der Waals surface area contributed by atoms with Crippen LogP contribution in [-0.4, -0.2) is 15.7 Å². The molecule has 0 saturated heterocycles. The van der Waals surface area contributed by atoms with E-state index in [4.69, 9.17) is 5.73 Å². The van der Waals surface area contributed by atoms with Crippen LogP contribution in [0, 0.1) is 6.92 Å². The number of rotatable bonds is 3. The highest BCUT2D eigenvalue weighted by molar-refractivity contribution is 5.95. The topological polar surface area (TPSA) is 72.9 Å². The number of aryl methyl sites for hydroxylation is 2.